The molecule has 1 rings (SSSR count). The van der Waals surface area contributed by atoms with Crippen LogP contribution in [0.25, 0.3) is 0 Å². The molecular formula is C14H24N4O3. The molecule has 2 amide bonds. The fraction of sp³-hybridized carbons (Fsp3) is 0.714. The summed E-state index contributed by atoms with van der Waals surface area (Å²) in [6.45, 7) is 4.42. The third kappa shape index (κ3) is 4.84. The fourth-order valence-corrected chi connectivity index (χ4v) is 2.24. The predicted octanol–water partition coefficient (Wildman–Crippen LogP) is 1.09. The number of carbonyl (C=O) groups excluding carboxylic acids is 2. The van der Waals surface area contributed by atoms with Gasteiger partial charge in [0.25, 0.3) is 0 Å². The molecule has 1 aliphatic rings. The Morgan fingerprint density at radius 3 is 2.67 bits per heavy atom. The van der Waals surface area contributed by atoms with Crippen molar-refractivity contribution in [1.29, 1.82) is 0 Å². The summed E-state index contributed by atoms with van der Waals surface area (Å²) >= 11 is 0. The van der Waals surface area contributed by atoms with Gasteiger partial charge in [0, 0.05) is 26.0 Å². The zero-order chi connectivity index (χ0) is 15.8. The Morgan fingerprint density at radius 2 is 2.10 bits per heavy atom. The van der Waals surface area contributed by atoms with Gasteiger partial charge in [-0.3, -0.25) is 14.8 Å². The topological polar surface area (TPSA) is 83.4 Å². The van der Waals surface area contributed by atoms with Crippen molar-refractivity contribution in [3.05, 3.63) is 0 Å². The van der Waals surface area contributed by atoms with Gasteiger partial charge in [-0.05, 0) is 18.8 Å². The van der Waals surface area contributed by atoms with Gasteiger partial charge in [0.2, 0.25) is 5.91 Å². The van der Waals surface area contributed by atoms with Gasteiger partial charge in [-0.1, -0.05) is 13.8 Å². The van der Waals surface area contributed by atoms with Crippen molar-refractivity contribution in [2.75, 3.05) is 20.7 Å². The average Bonchev–Trinajstić information content (AvgIpc) is 2.92. The van der Waals surface area contributed by atoms with E-state index >= 15 is 0 Å². The zero-order valence-corrected chi connectivity index (χ0v) is 13.1. The number of alkyl carbamates (subject to hydrolysis) is 1. The Balaban J connectivity index is 2.79. The number of hydrogen-bond acceptors (Lipinski definition) is 5. The summed E-state index contributed by atoms with van der Waals surface area (Å²) in [5.41, 5.74) is 0. The highest BCUT2D eigenvalue weighted by Crippen LogP contribution is 2.20. The number of methoxy groups -OCH3 is 1. The van der Waals surface area contributed by atoms with Crippen LogP contribution in [-0.4, -0.2) is 62.2 Å². The molecule has 1 N–H and O–H groups in total. The number of hydrogen-bond donors (Lipinski definition) is 1. The maximum Gasteiger partial charge on any atom is 0.407 e. The van der Waals surface area contributed by atoms with Gasteiger partial charge in [0.15, 0.2) is 0 Å². The van der Waals surface area contributed by atoms with E-state index in [4.69, 9.17) is 0 Å². The molecule has 0 spiro atoms. The molecule has 1 heterocycles. The van der Waals surface area contributed by atoms with E-state index in [-0.39, 0.29) is 18.0 Å². The van der Waals surface area contributed by atoms with Crippen LogP contribution < -0.4 is 5.32 Å². The predicted molar refractivity (Wildman–Crippen MR) is 81.8 cm³/mol. The lowest BCUT2D eigenvalue weighted by molar-refractivity contribution is -0.135. The summed E-state index contributed by atoms with van der Waals surface area (Å²) in [6.07, 6.45) is 4.14. The second-order valence-corrected chi connectivity index (χ2v) is 5.22. The first kappa shape index (κ1) is 17.1. The number of amides is 2. The molecule has 2 unspecified atom stereocenters. The average molecular weight is 296 g/mol. The summed E-state index contributed by atoms with van der Waals surface area (Å²) < 4.78 is 4.58. The molecule has 0 bridgehead atoms. The largest absolute Gasteiger partial charge is 0.453 e. The maximum atomic E-state index is 12.6. The maximum absolute atomic E-state index is 12.6. The SMILES string of the molecule is CN=CC=NC1CCCN1C(=O)C(NC(=O)OC)C(C)C. The van der Waals surface area contributed by atoms with Crippen LogP contribution in [-0.2, 0) is 9.53 Å². The summed E-state index contributed by atoms with van der Waals surface area (Å²) in [5, 5.41) is 2.60. The number of rotatable bonds is 5. The van der Waals surface area contributed by atoms with Gasteiger partial charge in [-0.2, -0.15) is 0 Å². The van der Waals surface area contributed by atoms with Crippen LogP contribution in [0.2, 0.25) is 0 Å². The van der Waals surface area contributed by atoms with Crippen molar-refractivity contribution >= 4 is 24.4 Å². The van der Waals surface area contributed by atoms with Crippen LogP contribution in [0.5, 0.6) is 0 Å². The number of nitrogens with zero attached hydrogens (tertiary/aromatic N) is 3. The minimum absolute atomic E-state index is 0.0287. The highest BCUT2D eigenvalue weighted by atomic mass is 16.5. The fourth-order valence-electron chi connectivity index (χ4n) is 2.24. The quantitative estimate of drug-likeness (QED) is 0.771. The number of carbonyl (C=O) groups is 2. The number of ether oxygens (including phenoxy) is 1. The zero-order valence-electron chi connectivity index (χ0n) is 13.1. The van der Waals surface area contributed by atoms with Crippen molar-refractivity contribution < 1.29 is 14.3 Å². The molecule has 2 atom stereocenters. The summed E-state index contributed by atoms with van der Waals surface area (Å²) in [6, 6.07) is -0.604. The van der Waals surface area contributed by atoms with E-state index in [0.717, 1.165) is 12.8 Å². The molecule has 0 aromatic rings. The minimum Gasteiger partial charge on any atom is -0.453 e. The lowest BCUT2D eigenvalue weighted by Crippen LogP contribution is -2.52. The molecule has 1 aliphatic heterocycles. The lowest BCUT2D eigenvalue weighted by Gasteiger charge is -2.28. The van der Waals surface area contributed by atoms with E-state index in [1.807, 2.05) is 13.8 Å². The second kappa shape index (κ2) is 8.39. The van der Waals surface area contributed by atoms with E-state index in [1.54, 1.807) is 24.4 Å². The van der Waals surface area contributed by atoms with Gasteiger partial charge in [0.05, 0.1) is 7.11 Å². The smallest absolute Gasteiger partial charge is 0.407 e. The number of nitrogens with one attached hydrogen (secondary N) is 1. The van der Waals surface area contributed by atoms with E-state index < -0.39 is 12.1 Å². The number of aliphatic imine (C=N–C) groups is 2. The standard InChI is InChI=1S/C14H24N4O3/c1-10(2)12(17-14(20)21-4)13(19)18-9-5-6-11(18)16-8-7-15-3/h7-8,10-12H,5-6,9H2,1-4H3,(H,17,20). The van der Waals surface area contributed by atoms with Gasteiger partial charge in [-0.15, -0.1) is 0 Å². The van der Waals surface area contributed by atoms with Crippen LogP contribution >= 0.6 is 0 Å². The third-order valence-electron chi connectivity index (χ3n) is 3.37. The molecule has 7 heteroatoms. The second-order valence-electron chi connectivity index (χ2n) is 5.22. The molecular weight excluding hydrogens is 272 g/mol. The van der Waals surface area contributed by atoms with E-state index in [9.17, 15) is 9.59 Å². The van der Waals surface area contributed by atoms with Crippen molar-refractivity contribution in [3.63, 3.8) is 0 Å². The Morgan fingerprint density at radius 1 is 1.38 bits per heavy atom. The first-order valence-electron chi connectivity index (χ1n) is 7.10. The van der Waals surface area contributed by atoms with Crippen LogP contribution in [0.3, 0.4) is 0 Å². The minimum atomic E-state index is -0.604. The van der Waals surface area contributed by atoms with Crippen LogP contribution in [0.1, 0.15) is 26.7 Å². The third-order valence-corrected chi connectivity index (χ3v) is 3.37. The Kier molecular flexibility index (Phi) is 6.84. The van der Waals surface area contributed by atoms with Crippen LogP contribution in [0.15, 0.2) is 9.98 Å². The molecule has 1 saturated heterocycles. The number of likely N-dealkylation sites (tertiary alicyclic amines) is 1. The van der Waals surface area contributed by atoms with Gasteiger partial charge in [0.1, 0.15) is 12.2 Å². The summed E-state index contributed by atoms with van der Waals surface area (Å²) in [4.78, 5) is 33.9. The van der Waals surface area contributed by atoms with Gasteiger partial charge < -0.3 is 15.0 Å². The molecule has 1 fully saturated rings. The molecule has 0 saturated carbocycles. The lowest BCUT2D eigenvalue weighted by atomic mass is 10.0. The van der Waals surface area contributed by atoms with Crippen molar-refractivity contribution in [3.8, 4) is 0 Å². The molecule has 0 aliphatic carbocycles. The van der Waals surface area contributed by atoms with Crippen LogP contribution in [0, 0.1) is 5.92 Å². The summed E-state index contributed by atoms with van der Waals surface area (Å²) in [7, 11) is 2.95. The monoisotopic (exact) mass is 296 g/mol. The molecule has 0 radical (unpaired) electrons. The normalized spacial score (nSPS) is 20.4. The molecule has 0 aromatic carbocycles. The van der Waals surface area contributed by atoms with Crippen LogP contribution in [0.4, 0.5) is 4.79 Å². The molecule has 21 heavy (non-hydrogen) atoms. The molecule has 118 valence electrons. The summed E-state index contributed by atoms with van der Waals surface area (Å²) in [5.74, 6) is -0.150. The first-order valence-corrected chi connectivity index (χ1v) is 7.10. The highest BCUT2D eigenvalue weighted by Gasteiger charge is 2.35. The first-order chi connectivity index (χ1) is 10.0. The molecule has 0 aromatic heterocycles. The van der Waals surface area contributed by atoms with Gasteiger partial charge >= 0.3 is 6.09 Å². The highest BCUT2D eigenvalue weighted by molar-refractivity contribution is 6.16. The van der Waals surface area contributed by atoms with E-state index in [1.165, 1.54) is 7.11 Å². The Bertz CT molecular complexity index is 420. The van der Waals surface area contributed by atoms with Gasteiger partial charge in [-0.25, -0.2) is 4.79 Å². The Hall–Kier alpha value is -1.92. The molecule has 7 nitrogen and oxygen atoms in total. The van der Waals surface area contributed by atoms with Crippen molar-refractivity contribution in [2.45, 2.75) is 38.9 Å². The Labute approximate surface area is 125 Å². The van der Waals surface area contributed by atoms with Crippen molar-refractivity contribution in [1.82, 2.24) is 10.2 Å². The van der Waals surface area contributed by atoms with E-state index in [2.05, 4.69) is 20.0 Å². The van der Waals surface area contributed by atoms with E-state index in [0.29, 0.717) is 6.54 Å². The van der Waals surface area contributed by atoms with Crippen molar-refractivity contribution in [2.24, 2.45) is 15.9 Å².